The van der Waals surface area contributed by atoms with Crippen LogP contribution >= 0.6 is 0 Å². The number of nitrogens with two attached hydrogens (primary N) is 1. The summed E-state index contributed by atoms with van der Waals surface area (Å²) in [4.78, 5) is 12.9. The Morgan fingerprint density at radius 2 is 1.68 bits per heavy atom. The van der Waals surface area contributed by atoms with Gasteiger partial charge in [-0.25, -0.2) is 9.97 Å². The Morgan fingerprint density at radius 1 is 0.893 bits per heavy atom. The van der Waals surface area contributed by atoms with E-state index in [9.17, 15) is 0 Å². The third-order valence-corrected chi connectivity index (χ3v) is 4.21. The zero-order chi connectivity index (χ0) is 19.3. The third-order valence-electron chi connectivity index (χ3n) is 4.21. The van der Waals surface area contributed by atoms with Gasteiger partial charge in [-0.15, -0.1) is 0 Å². The highest BCUT2D eigenvalue weighted by molar-refractivity contribution is 5.94. The Kier molecular flexibility index (Phi) is 4.88. The monoisotopic (exact) mass is 372 g/mol. The van der Waals surface area contributed by atoms with E-state index in [0.717, 1.165) is 28.0 Å². The smallest absolute Gasteiger partial charge is 0.159 e. The molecule has 0 saturated heterocycles. The molecule has 28 heavy (non-hydrogen) atoms. The summed E-state index contributed by atoms with van der Waals surface area (Å²) in [6.45, 7) is 2.58. The standard InChI is InChI=1S/C21H20N6O/c1-2-28-15-10-8-14(9-11-15)26-20-19(22)21(25-13-24-20)27-18-7-3-6-17-16(18)5-4-12-23-17/h3-13H,2,22H2,1H3,(H2,24,25,26,27). The number of hydrogen-bond acceptors (Lipinski definition) is 7. The van der Waals surface area contributed by atoms with Gasteiger partial charge in [0.25, 0.3) is 0 Å². The van der Waals surface area contributed by atoms with Crippen molar-refractivity contribution in [2.24, 2.45) is 0 Å². The van der Waals surface area contributed by atoms with Crippen molar-refractivity contribution < 1.29 is 4.74 Å². The second-order valence-corrected chi connectivity index (χ2v) is 6.07. The third kappa shape index (κ3) is 3.64. The van der Waals surface area contributed by atoms with Crippen LogP contribution in [0.25, 0.3) is 10.9 Å². The van der Waals surface area contributed by atoms with E-state index in [-0.39, 0.29) is 0 Å². The van der Waals surface area contributed by atoms with E-state index in [4.69, 9.17) is 10.5 Å². The molecule has 0 aliphatic carbocycles. The first-order valence-corrected chi connectivity index (χ1v) is 8.95. The lowest BCUT2D eigenvalue weighted by Gasteiger charge is -2.14. The first kappa shape index (κ1) is 17.5. The number of nitrogens with one attached hydrogen (secondary N) is 2. The fourth-order valence-electron chi connectivity index (χ4n) is 2.87. The molecule has 7 heteroatoms. The molecule has 0 aliphatic rings. The number of ether oxygens (including phenoxy) is 1. The van der Waals surface area contributed by atoms with Crippen molar-refractivity contribution in [2.45, 2.75) is 6.92 Å². The zero-order valence-corrected chi connectivity index (χ0v) is 15.4. The van der Waals surface area contributed by atoms with Crippen molar-refractivity contribution >= 4 is 39.6 Å². The van der Waals surface area contributed by atoms with E-state index in [1.54, 1.807) is 6.20 Å². The lowest BCUT2D eigenvalue weighted by atomic mass is 10.2. The second-order valence-electron chi connectivity index (χ2n) is 6.07. The molecular formula is C21H20N6O. The summed E-state index contributed by atoms with van der Waals surface area (Å²) in [6, 6.07) is 17.4. The van der Waals surface area contributed by atoms with Gasteiger partial charge >= 0.3 is 0 Å². The number of anilines is 5. The summed E-state index contributed by atoms with van der Waals surface area (Å²) in [5, 5.41) is 7.50. The van der Waals surface area contributed by atoms with Crippen molar-refractivity contribution in [1.82, 2.24) is 15.0 Å². The molecule has 0 aliphatic heterocycles. The largest absolute Gasteiger partial charge is 0.494 e. The molecule has 7 nitrogen and oxygen atoms in total. The van der Waals surface area contributed by atoms with E-state index < -0.39 is 0 Å². The average Bonchev–Trinajstić information content (AvgIpc) is 2.73. The van der Waals surface area contributed by atoms with Crippen LogP contribution in [0.5, 0.6) is 5.75 Å². The minimum Gasteiger partial charge on any atom is -0.494 e. The maximum atomic E-state index is 6.31. The molecule has 4 aromatic rings. The van der Waals surface area contributed by atoms with Gasteiger partial charge in [0.15, 0.2) is 11.6 Å². The maximum absolute atomic E-state index is 6.31. The van der Waals surface area contributed by atoms with Crippen LogP contribution < -0.4 is 21.1 Å². The lowest BCUT2D eigenvalue weighted by Crippen LogP contribution is -2.05. The first-order valence-electron chi connectivity index (χ1n) is 8.95. The Labute approximate surface area is 162 Å². The van der Waals surface area contributed by atoms with Crippen LogP contribution in [0, 0.1) is 0 Å². The van der Waals surface area contributed by atoms with Gasteiger partial charge in [0, 0.05) is 23.0 Å². The van der Waals surface area contributed by atoms with Crippen molar-refractivity contribution in [3.8, 4) is 5.75 Å². The molecule has 140 valence electrons. The van der Waals surface area contributed by atoms with Crippen LogP contribution in [0.3, 0.4) is 0 Å². The van der Waals surface area contributed by atoms with Crippen LogP contribution in [0.1, 0.15) is 6.92 Å². The zero-order valence-electron chi connectivity index (χ0n) is 15.4. The Balaban J connectivity index is 1.59. The molecule has 0 spiro atoms. The lowest BCUT2D eigenvalue weighted by molar-refractivity contribution is 0.340. The number of rotatable bonds is 6. The maximum Gasteiger partial charge on any atom is 0.159 e. The number of benzene rings is 2. The molecule has 0 saturated carbocycles. The van der Waals surface area contributed by atoms with Crippen molar-refractivity contribution in [3.05, 3.63) is 67.1 Å². The fraction of sp³-hybridized carbons (Fsp3) is 0.0952. The topological polar surface area (TPSA) is 98.0 Å². The number of aromatic nitrogens is 3. The predicted octanol–water partition coefficient (Wildman–Crippen LogP) is 4.49. The Morgan fingerprint density at radius 3 is 2.46 bits per heavy atom. The van der Waals surface area contributed by atoms with Crippen LogP contribution in [0.2, 0.25) is 0 Å². The first-order chi connectivity index (χ1) is 13.7. The molecular weight excluding hydrogens is 352 g/mol. The molecule has 0 fully saturated rings. The number of fused-ring (bicyclic) bond motifs is 1. The highest BCUT2D eigenvalue weighted by Crippen LogP contribution is 2.31. The molecule has 0 bridgehead atoms. The molecule has 0 amide bonds. The van der Waals surface area contributed by atoms with E-state index in [1.807, 2.05) is 61.5 Å². The number of nitrogens with zero attached hydrogens (tertiary/aromatic N) is 3. The van der Waals surface area contributed by atoms with Gasteiger partial charge in [0.1, 0.15) is 17.8 Å². The van der Waals surface area contributed by atoms with Crippen LogP contribution in [-0.4, -0.2) is 21.6 Å². The summed E-state index contributed by atoms with van der Waals surface area (Å²) >= 11 is 0. The highest BCUT2D eigenvalue weighted by Gasteiger charge is 2.10. The van der Waals surface area contributed by atoms with Gasteiger partial charge in [-0.1, -0.05) is 6.07 Å². The van der Waals surface area contributed by atoms with Crippen molar-refractivity contribution in [3.63, 3.8) is 0 Å². The second kappa shape index (κ2) is 7.79. The number of nitrogen functional groups attached to an aromatic ring is 1. The Hall–Kier alpha value is -3.87. The molecule has 2 heterocycles. The summed E-state index contributed by atoms with van der Waals surface area (Å²) in [7, 11) is 0. The van der Waals surface area contributed by atoms with E-state index in [1.165, 1.54) is 6.33 Å². The van der Waals surface area contributed by atoms with E-state index in [2.05, 4.69) is 25.6 Å². The highest BCUT2D eigenvalue weighted by atomic mass is 16.5. The van der Waals surface area contributed by atoms with Gasteiger partial charge in [-0.2, -0.15) is 0 Å². The van der Waals surface area contributed by atoms with Crippen LogP contribution in [0.4, 0.5) is 28.7 Å². The quantitative estimate of drug-likeness (QED) is 0.458. The fourth-order valence-corrected chi connectivity index (χ4v) is 2.87. The predicted molar refractivity (Wildman–Crippen MR) is 112 cm³/mol. The molecule has 4 rings (SSSR count). The normalized spacial score (nSPS) is 10.6. The SMILES string of the molecule is CCOc1ccc(Nc2ncnc(Nc3cccc4ncccc34)c2N)cc1. The van der Waals surface area contributed by atoms with E-state index in [0.29, 0.717) is 23.9 Å². The molecule has 0 radical (unpaired) electrons. The summed E-state index contributed by atoms with van der Waals surface area (Å²) < 4.78 is 5.46. The Bertz CT molecular complexity index is 1090. The minimum absolute atomic E-state index is 0.428. The van der Waals surface area contributed by atoms with Crippen LogP contribution in [0.15, 0.2) is 67.1 Å². The summed E-state index contributed by atoms with van der Waals surface area (Å²) in [6.07, 6.45) is 3.24. The molecule has 0 atom stereocenters. The molecule has 0 unspecified atom stereocenters. The van der Waals surface area contributed by atoms with Gasteiger partial charge < -0.3 is 21.1 Å². The number of hydrogen-bond donors (Lipinski definition) is 3. The minimum atomic E-state index is 0.428. The van der Waals surface area contributed by atoms with Gasteiger partial charge in [-0.05, 0) is 55.5 Å². The van der Waals surface area contributed by atoms with E-state index >= 15 is 0 Å². The molecule has 2 aromatic heterocycles. The van der Waals surface area contributed by atoms with Gasteiger partial charge in [0.2, 0.25) is 0 Å². The van der Waals surface area contributed by atoms with Crippen LogP contribution in [-0.2, 0) is 0 Å². The molecule has 4 N–H and O–H groups in total. The van der Waals surface area contributed by atoms with Crippen molar-refractivity contribution in [1.29, 1.82) is 0 Å². The number of pyridine rings is 1. The summed E-state index contributed by atoms with van der Waals surface area (Å²) in [5.41, 5.74) is 9.37. The summed E-state index contributed by atoms with van der Waals surface area (Å²) in [5.74, 6) is 1.87. The average molecular weight is 372 g/mol. The van der Waals surface area contributed by atoms with Crippen molar-refractivity contribution in [2.75, 3.05) is 23.0 Å². The van der Waals surface area contributed by atoms with Gasteiger partial charge in [-0.3, -0.25) is 4.98 Å². The molecule has 2 aromatic carbocycles. The van der Waals surface area contributed by atoms with Gasteiger partial charge in [0.05, 0.1) is 12.1 Å².